The molecule has 2 aliphatic rings. The van der Waals surface area contributed by atoms with E-state index < -0.39 is 29.6 Å². The minimum absolute atomic E-state index is 0.303. The highest BCUT2D eigenvalue weighted by Gasteiger charge is 2.53. The van der Waals surface area contributed by atoms with Gasteiger partial charge in [-0.2, -0.15) is 5.10 Å². The molecule has 1 aromatic rings. The Labute approximate surface area is 165 Å². The molecule has 1 saturated heterocycles. The second-order valence-corrected chi connectivity index (χ2v) is 9.29. The van der Waals surface area contributed by atoms with E-state index in [-0.39, 0.29) is 6.09 Å². The zero-order valence-corrected chi connectivity index (χ0v) is 17.7. The van der Waals surface area contributed by atoms with Gasteiger partial charge >= 0.3 is 13.2 Å². The molecule has 3 heterocycles. The molecule has 0 atom stereocenters. The average molecular weight is 393 g/mol. The molecule has 0 radical (unpaired) electrons. The van der Waals surface area contributed by atoms with Crippen LogP contribution in [0.2, 0.25) is 0 Å². The molecule has 0 N–H and O–H groups in total. The third-order valence-electron chi connectivity index (χ3n) is 5.33. The van der Waals surface area contributed by atoms with Crippen LogP contribution in [0, 0.1) is 0 Å². The largest absolute Gasteiger partial charge is 0.525 e. The quantitative estimate of drug-likeness (QED) is 0.719. The number of halogens is 1. The van der Waals surface area contributed by atoms with Crippen molar-refractivity contribution in [1.82, 2.24) is 14.7 Å². The number of hydrogen-bond donors (Lipinski definition) is 0. The van der Waals surface area contributed by atoms with Gasteiger partial charge in [-0.3, -0.25) is 4.68 Å². The average Bonchev–Trinajstić information content (AvgIpc) is 3.03. The molecule has 1 aromatic heterocycles. The summed E-state index contributed by atoms with van der Waals surface area (Å²) in [4.78, 5) is 14.0. The van der Waals surface area contributed by atoms with E-state index in [0.29, 0.717) is 25.2 Å². The van der Waals surface area contributed by atoms with E-state index in [9.17, 15) is 9.18 Å². The molecule has 28 heavy (non-hydrogen) atoms. The van der Waals surface area contributed by atoms with Gasteiger partial charge in [0.2, 0.25) is 0 Å². The van der Waals surface area contributed by atoms with Crippen LogP contribution >= 0.6 is 0 Å². The number of nitrogens with zero attached hydrogens (tertiary/aromatic N) is 3. The molecule has 154 valence electrons. The lowest BCUT2D eigenvalue weighted by Gasteiger charge is -2.32. The summed E-state index contributed by atoms with van der Waals surface area (Å²) in [7, 11) is -1.06. The molecule has 2 aliphatic heterocycles. The lowest BCUT2D eigenvalue weighted by atomic mass is 9.87. The highest BCUT2D eigenvalue weighted by Crippen LogP contribution is 2.39. The second kappa shape index (κ2) is 6.88. The lowest BCUT2D eigenvalue weighted by molar-refractivity contribution is 0.00578. The SMILES string of the molecule is CC(C)(C)OC(=O)N1CCn2ncc(C=C(F)B3OC(C)(C)C(C)(C)O3)c2C1. The van der Waals surface area contributed by atoms with Crippen molar-refractivity contribution in [3.63, 3.8) is 0 Å². The first-order valence-corrected chi connectivity index (χ1v) is 9.54. The van der Waals surface area contributed by atoms with Crippen LogP contribution in [0.15, 0.2) is 11.9 Å². The van der Waals surface area contributed by atoms with E-state index in [1.807, 2.05) is 48.5 Å². The van der Waals surface area contributed by atoms with Crippen molar-refractivity contribution in [3.05, 3.63) is 23.2 Å². The highest BCUT2D eigenvalue weighted by molar-refractivity contribution is 6.54. The zero-order valence-electron chi connectivity index (χ0n) is 17.7. The summed E-state index contributed by atoms with van der Waals surface area (Å²) in [5, 5.41) is 4.31. The monoisotopic (exact) mass is 393 g/mol. The number of carbonyl (C=O) groups excluding carboxylic acids is 1. The van der Waals surface area contributed by atoms with Gasteiger partial charge in [-0.15, -0.1) is 0 Å². The third-order valence-corrected chi connectivity index (χ3v) is 5.33. The molecular weight excluding hydrogens is 364 g/mol. The molecule has 0 aliphatic carbocycles. The fourth-order valence-electron chi connectivity index (χ4n) is 3.04. The summed E-state index contributed by atoms with van der Waals surface area (Å²) in [6.45, 7) is 14.3. The van der Waals surface area contributed by atoms with E-state index in [4.69, 9.17) is 14.0 Å². The Morgan fingerprint density at radius 3 is 2.43 bits per heavy atom. The van der Waals surface area contributed by atoms with Crippen molar-refractivity contribution in [2.24, 2.45) is 0 Å². The fourth-order valence-corrected chi connectivity index (χ4v) is 3.04. The molecule has 0 spiro atoms. The van der Waals surface area contributed by atoms with Crippen LogP contribution in [-0.2, 0) is 27.1 Å². The Kier molecular flexibility index (Phi) is 5.12. The first kappa shape index (κ1) is 20.9. The summed E-state index contributed by atoms with van der Waals surface area (Å²) in [5.41, 5.74) is -0.975. The lowest BCUT2D eigenvalue weighted by Crippen LogP contribution is -2.41. The van der Waals surface area contributed by atoms with E-state index >= 15 is 0 Å². The van der Waals surface area contributed by atoms with Crippen LogP contribution in [0.1, 0.15) is 59.7 Å². The van der Waals surface area contributed by atoms with Crippen molar-refractivity contribution in [2.45, 2.75) is 78.4 Å². The normalized spacial score (nSPS) is 21.6. The summed E-state index contributed by atoms with van der Waals surface area (Å²) in [6, 6.07) is 0. The molecule has 3 rings (SSSR count). The van der Waals surface area contributed by atoms with E-state index in [1.165, 1.54) is 6.08 Å². The van der Waals surface area contributed by atoms with Crippen LogP contribution in [0.4, 0.5) is 9.18 Å². The highest BCUT2D eigenvalue weighted by atomic mass is 19.1. The van der Waals surface area contributed by atoms with E-state index in [1.54, 1.807) is 15.8 Å². The van der Waals surface area contributed by atoms with Gasteiger partial charge in [0.25, 0.3) is 0 Å². The molecule has 9 heteroatoms. The molecular formula is C19H29BFN3O4. The number of rotatable bonds is 2. The Hall–Kier alpha value is -1.87. The first-order chi connectivity index (χ1) is 12.8. The van der Waals surface area contributed by atoms with Crippen LogP contribution in [0.25, 0.3) is 6.08 Å². The standard InChI is InChI=1S/C19H29BFN3O4/c1-17(2,3)26-16(25)23-8-9-24-14(12-23)13(11-22-24)10-15(21)20-27-18(4,5)19(6,7)28-20/h10-11H,8-9,12H2,1-7H3. The van der Waals surface area contributed by atoms with Gasteiger partial charge < -0.3 is 18.9 Å². The smallest absolute Gasteiger partial charge is 0.444 e. The number of ether oxygens (including phenoxy) is 1. The van der Waals surface area contributed by atoms with Crippen molar-refractivity contribution in [1.29, 1.82) is 0 Å². The Morgan fingerprint density at radius 2 is 1.86 bits per heavy atom. The Bertz CT molecular complexity index is 782. The predicted octanol–water partition coefficient (Wildman–Crippen LogP) is 3.58. The van der Waals surface area contributed by atoms with Gasteiger partial charge in [-0.25, -0.2) is 9.18 Å². The molecule has 0 bridgehead atoms. The number of carbonyl (C=O) groups is 1. The summed E-state index contributed by atoms with van der Waals surface area (Å²) in [5.74, 6) is 0. The van der Waals surface area contributed by atoms with E-state index in [2.05, 4.69) is 5.10 Å². The Morgan fingerprint density at radius 1 is 1.25 bits per heavy atom. The molecule has 0 unspecified atom stereocenters. The van der Waals surface area contributed by atoms with Crippen molar-refractivity contribution in [3.8, 4) is 0 Å². The molecule has 1 amide bonds. The number of aromatic nitrogens is 2. The maximum absolute atomic E-state index is 14.9. The van der Waals surface area contributed by atoms with Crippen molar-refractivity contribution in [2.75, 3.05) is 6.54 Å². The maximum Gasteiger partial charge on any atom is 0.525 e. The second-order valence-electron chi connectivity index (χ2n) is 9.29. The molecule has 1 fully saturated rings. The van der Waals surface area contributed by atoms with Crippen LogP contribution in [0.5, 0.6) is 0 Å². The summed E-state index contributed by atoms with van der Waals surface area (Å²) < 4.78 is 33.6. The molecule has 7 nitrogen and oxygen atoms in total. The van der Waals surface area contributed by atoms with Gasteiger partial charge in [-0.05, 0) is 54.5 Å². The van der Waals surface area contributed by atoms with Crippen LogP contribution in [0.3, 0.4) is 0 Å². The fraction of sp³-hybridized carbons (Fsp3) is 0.684. The molecule has 0 aromatic carbocycles. The third kappa shape index (κ3) is 4.10. The zero-order chi connectivity index (χ0) is 20.9. The van der Waals surface area contributed by atoms with Crippen molar-refractivity contribution >= 4 is 19.3 Å². The minimum atomic E-state index is -1.06. The number of hydrogen-bond acceptors (Lipinski definition) is 5. The van der Waals surface area contributed by atoms with E-state index in [0.717, 1.165) is 5.69 Å². The van der Waals surface area contributed by atoms with Gasteiger partial charge in [0.05, 0.1) is 36.2 Å². The van der Waals surface area contributed by atoms with Crippen LogP contribution < -0.4 is 0 Å². The topological polar surface area (TPSA) is 65.8 Å². The number of fused-ring (bicyclic) bond motifs is 1. The van der Waals surface area contributed by atoms with Crippen molar-refractivity contribution < 1.29 is 23.2 Å². The Balaban J connectivity index is 1.77. The van der Waals surface area contributed by atoms with Crippen LogP contribution in [-0.4, -0.2) is 51.2 Å². The predicted molar refractivity (Wildman–Crippen MR) is 104 cm³/mol. The van der Waals surface area contributed by atoms with Gasteiger partial charge in [0, 0.05) is 12.1 Å². The molecule has 0 saturated carbocycles. The van der Waals surface area contributed by atoms with Gasteiger partial charge in [-0.1, -0.05) is 0 Å². The number of amides is 1. The minimum Gasteiger partial charge on any atom is -0.444 e. The van der Waals surface area contributed by atoms with Gasteiger partial charge in [0.15, 0.2) is 0 Å². The first-order valence-electron chi connectivity index (χ1n) is 9.54. The van der Waals surface area contributed by atoms with Gasteiger partial charge in [0.1, 0.15) is 11.3 Å². The maximum atomic E-state index is 14.9. The summed E-state index contributed by atoms with van der Waals surface area (Å²) in [6.07, 6.45) is 2.58. The summed E-state index contributed by atoms with van der Waals surface area (Å²) >= 11 is 0.